The van der Waals surface area contributed by atoms with Crippen molar-refractivity contribution in [2.45, 2.75) is 80.0 Å². The van der Waals surface area contributed by atoms with E-state index in [4.69, 9.17) is 4.74 Å². The minimum atomic E-state index is -6.34. The molecule has 6 nitrogen and oxygen atoms in total. The summed E-state index contributed by atoms with van der Waals surface area (Å²) in [7, 11) is -3.14. The van der Waals surface area contributed by atoms with Crippen LogP contribution in [-0.4, -0.2) is 57.7 Å². The minimum Gasteiger partial charge on any atom is -0.469 e. The van der Waals surface area contributed by atoms with Crippen LogP contribution in [0.3, 0.4) is 0 Å². The average molecular weight is 666 g/mol. The summed E-state index contributed by atoms with van der Waals surface area (Å²) in [5.74, 6) is -1.10. The van der Waals surface area contributed by atoms with Crippen LogP contribution in [0.4, 0.5) is 30.7 Å². The molecule has 14 heteroatoms. The molecule has 1 aliphatic heterocycles. The molecule has 1 saturated heterocycles. The molecule has 1 atom stereocenters. The highest BCUT2D eigenvalue weighted by Gasteiger charge is 2.73. The van der Waals surface area contributed by atoms with Crippen molar-refractivity contribution in [1.29, 1.82) is 0 Å². The summed E-state index contributed by atoms with van der Waals surface area (Å²) in [5.41, 5.74) is -7.92. The third-order valence-corrected chi connectivity index (χ3v) is 12.0. The first kappa shape index (κ1) is 34.7. The van der Waals surface area contributed by atoms with Crippen LogP contribution in [0.2, 0.25) is 0 Å². The lowest BCUT2D eigenvalue weighted by Gasteiger charge is -2.40. The highest BCUT2D eigenvalue weighted by molar-refractivity contribution is 7.92. The van der Waals surface area contributed by atoms with Crippen molar-refractivity contribution >= 4 is 21.7 Å². The minimum absolute atomic E-state index is 0.0635. The van der Waals surface area contributed by atoms with E-state index in [2.05, 4.69) is 0 Å². The standard InChI is InChI=1S/C31H34F7NO5S/c1-4-27(14-12-21(13-15-27)25(40)44-3)26(41)39-17-16-28(19-39,45(42,43)24-7-5-6-20(2)18-24)22-8-10-23(11-9-22)29(32,30(33,34)35)31(36,37)38/h5-11,18,21H,4,12-17,19H2,1-3H3/t21-,27-,28?. The van der Waals surface area contributed by atoms with Crippen molar-refractivity contribution in [3.8, 4) is 0 Å². The number of benzene rings is 2. The van der Waals surface area contributed by atoms with Gasteiger partial charge in [-0.3, -0.25) is 9.59 Å². The topological polar surface area (TPSA) is 80.8 Å². The molecule has 0 N–H and O–H groups in total. The molecule has 0 radical (unpaired) electrons. The molecule has 0 spiro atoms. The number of carbonyl (C=O) groups is 2. The van der Waals surface area contributed by atoms with E-state index in [-0.39, 0.29) is 41.2 Å². The predicted octanol–water partition coefficient (Wildman–Crippen LogP) is 6.95. The number of ether oxygens (including phenoxy) is 1. The highest BCUT2D eigenvalue weighted by Crippen LogP contribution is 2.54. The second kappa shape index (κ2) is 11.9. The number of esters is 1. The molecule has 0 aromatic heterocycles. The number of nitrogens with zero attached hydrogens (tertiary/aromatic N) is 1. The number of sulfone groups is 1. The Kier molecular flexibility index (Phi) is 9.17. The number of hydrogen-bond donors (Lipinski definition) is 0. The van der Waals surface area contributed by atoms with Crippen molar-refractivity contribution in [1.82, 2.24) is 4.90 Å². The van der Waals surface area contributed by atoms with Gasteiger partial charge in [0.15, 0.2) is 9.84 Å². The molecule has 2 aliphatic rings. The first-order valence-corrected chi connectivity index (χ1v) is 15.9. The fourth-order valence-corrected chi connectivity index (χ4v) is 8.87. The van der Waals surface area contributed by atoms with Gasteiger partial charge in [0, 0.05) is 24.1 Å². The van der Waals surface area contributed by atoms with E-state index in [9.17, 15) is 48.7 Å². The van der Waals surface area contributed by atoms with Crippen molar-refractivity contribution < 1.29 is 53.5 Å². The molecule has 2 aromatic carbocycles. The van der Waals surface area contributed by atoms with E-state index in [1.54, 1.807) is 13.0 Å². The molecular weight excluding hydrogens is 631 g/mol. The molecule has 2 aromatic rings. The van der Waals surface area contributed by atoms with Crippen LogP contribution in [-0.2, 0) is 34.6 Å². The van der Waals surface area contributed by atoms with E-state index in [0.29, 0.717) is 49.8 Å². The van der Waals surface area contributed by atoms with Gasteiger partial charge in [0.1, 0.15) is 4.75 Å². The molecular formula is C31H34F7NO5S. The second-order valence-corrected chi connectivity index (χ2v) is 14.2. The maximum atomic E-state index is 14.8. The van der Waals surface area contributed by atoms with Gasteiger partial charge in [0.25, 0.3) is 0 Å². The Balaban J connectivity index is 1.78. The zero-order valence-electron chi connectivity index (χ0n) is 24.9. The number of aryl methyl sites for hydroxylation is 1. The zero-order valence-corrected chi connectivity index (χ0v) is 25.7. The second-order valence-electron chi connectivity index (χ2n) is 12.0. The largest absolute Gasteiger partial charge is 0.469 e. The summed E-state index contributed by atoms with van der Waals surface area (Å²) in [4.78, 5) is 27.4. The fourth-order valence-electron chi connectivity index (χ4n) is 6.69. The number of hydrogen-bond acceptors (Lipinski definition) is 5. The smallest absolute Gasteiger partial charge is 0.435 e. The lowest BCUT2D eigenvalue weighted by molar-refractivity contribution is -0.348. The normalized spacial score (nSPS) is 24.8. The summed E-state index contributed by atoms with van der Waals surface area (Å²) in [6.07, 6.45) is -11.0. The Labute approximate surface area is 256 Å². The molecule has 1 amide bonds. The van der Waals surface area contributed by atoms with Crippen LogP contribution in [0.25, 0.3) is 0 Å². The highest BCUT2D eigenvalue weighted by atomic mass is 32.2. The Bertz CT molecular complexity index is 1520. The Morgan fingerprint density at radius 2 is 1.51 bits per heavy atom. The summed E-state index contributed by atoms with van der Waals surface area (Å²) in [6.45, 7) is 2.97. The first-order valence-electron chi connectivity index (χ1n) is 14.4. The van der Waals surface area contributed by atoms with Gasteiger partial charge in [0.2, 0.25) is 5.91 Å². The molecule has 2 fully saturated rings. The third-order valence-electron chi connectivity index (χ3n) is 9.53. The Morgan fingerprint density at radius 3 is 2.00 bits per heavy atom. The third kappa shape index (κ3) is 5.71. The molecule has 4 rings (SSSR count). The number of methoxy groups -OCH3 is 1. The van der Waals surface area contributed by atoms with Crippen molar-refractivity contribution in [3.63, 3.8) is 0 Å². The number of likely N-dealkylation sites (tertiary alicyclic amines) is 1. The van der Waals surface area contributed by atoms with Gasteiger partial charge in [-0.05, 0) is 68.7 Å². The Morgan fingerprint density at radius 1 is 0.933 bits per heavy atom. The van der Waals surface area contributed by atoms with Crippen molar-refractivity contribution in [3.05, 3.63) is 65.2 Å². The first-order chi connectivity index (χ1) is 20.8. The van der Waals surface area contributed by atoms with Crippen LogP contribution >= 0.6 is 0 Å². The van der Waals surface area contributed by atoms with Gasteiger partial charge in [-0.15, -0.1) is 0 Å². The van der Waals surface area contributed by atoms with Crippen LogP contribution in [0.15, 0.2) is 53.4 Å². The fraction of sp³-hybridized carbons (Fsp3) is 0.548. The maximum Gasteiger partial charge on any atom is 0.435 e. The van der Waals surface area contributed by atoms with Crippen molar-refractivity contribution in [2.24, 2.45) is 11.3 Å². The van der Waals surface area contributed by atoms with Crippen LogP contribution in [0.1, 0.15) is 62.1 Å². The monoisotopic (exact) mass is 665 g/mol. The van der Waals surface area contributed by atoms with Gasteiger partial charge in [-0.1, -0.05) is 43.3 Å². The van der Waals surface area contributed by atoms with E-state index < -0.39 is 50.1 Å². The number of carbonyl (C=O) groups excluding carboxylic acids is 2. The van der Waals surface area contributed by atoms with E-state index in [0.717, 1.165) is 12.1 Å². The van der Waals surface area contributed by atoms with E-state index >= 15 is 0 Å². The molecule has 45 heavy (non-hydrogen) atoms. The van der Waals surface area contributed by atoms with Crippen LogP contribution in [0.5, 0.6) is 0 Å². The number of amides is 1. The van der Waals surface area contributed by atoms with Gasteiger partial charge >= 0.3 is 24.0 Å². The van der Waals surface area contributed by atoms with E-state index in [1.165, 1.54) is 30.2 Å². The van der Waals surface area contributed by atoms with Gasteiger partial charge in [-0.25, -0.2) is 12.8 Å². The lowest BCUT2D eigenvalue weighted by Crippen LogP contribution is -2.50. The molecule has 1 heterocycles. The maximum absolute atomic E-state index is 14.8. The quantitative estimate of drug-likeness (QED) is 0.236. The number of halogens is 7. The Hall–Kier alpha value is -3.16. The van der Waals surface area contributed by atoms with Crippen LogP contribution < -0.4 is 0 Å². The van der Waals surface area contributed by atoms with E-state index in [1.807, 2.05) is 6.92 Å². The zero-order chi connectivity index (χ0) is 33.6. The summed E-state index contributed by atoms with van der Waals surface area (Å²) in [5, 5.41) is 0. The van der Waals surface area contributed by atoms with Gasteiger partial charge in [0.05, 0.1) is 17.9 Å². The van der Waals surface area contributed by atoms with Gasteiger partial charge in [-0.2, -0.15) is 26.3 Å². The lowest BCUT2D eigenvalue weighted by atomic mass is 9.68. The number of alkyl halides is 7. The molecule has 248 valence electrons. The van der Waals surface area contributed by atoms with Gasteiger partial charge < -0.3 is 9.64 Å². The van der Waals surface area contributed by atoms with Crippen LogP contribution in [0, 0.1) is 18.3 Å². The molecule has 1 saturated carbocycles. The summed E-state index contributed by atoms with van der Waals surface area (Å²) < 4.78 is 127. The summed E-state index contributed by atoms with van der Waals surface area (Å²) >= 11 is 0. The molecule has 1 unspecified atom stereocenters. The predicted molar refractivity (Wildman–Crippen MR) is 149 cm³/mol. The van der Waals surface area contributed by atoms with Crippen molar-refractivity contribution in [2.75, 3.05) is 20.2 Å². The molecule has 1 aliphatic carbocycles. The molecule has 0 bridgehead atoms. The summed E-state index contributed by atoms with van der Waals surface area (Å²) in [6, 6.07) is 7.98. The average Bonchev–Trinajstić information content (AvgIpc) is 3.46. The number of rotatable bonds is 7. The SMILES string of the molecule is CC[C@]1(C(=O)N2CCC(c3ccc(C(F)(C(F)(F)F)C(F)(F)F)cc3)(S(=O)(=O)c3cccc(C)c3)C2)CC[C@H](C(=O)OC)CC1.